The molecule has 2 aromatic rings. The largest absolute Gasteiger partial charge is 0.469 e. The quantitative estimate of drug-likeness (QED) is 0.464. The summed E-state index contributed by atoms with van der Waals surface area (Å²) in [5.74, 6) is -1.17. The van der Waals surface area contributed by atoms with Crippen molar-refractivity contribution in [3.8, 4) is 11.1 Å². The zero-order valence-corrected chi connectivity index (χ0v) is 14.8. The van der Waals surface area contributed by atoms with E-state index in [1.54, 1.807) is 44.2 Å². The van der Waals surface area contributed by atoms with Gasteiger partial charge in [-0.25, -0.2) is 4.39 Å². The maximum atomic E-state index is 13.9. The van der Waals surface area contributed by atoms with Crippen LogP contribution in [-0.4, -0.2) is 25.3 Å². The predicted molar refractivity (Wildman–Crippen MR) is 96.3 cm³/mol. The van der Waals surface area contributed by atoms with Crippen LogP contribution in [0, 0.1) is 11.2 Å². The Morgan fingerprint density at radius 1 is 1.12 bits per heavy atom. The fourth-order valence-electron chi connectivity index (χ4n) is 2.58. The van der Waals surface area contributed by atoms with Crippen molar-refractivity contribution in [3.63, 3.8) is 0 Å². The number of ketones is 1. The van der Waals surface area contributed by atoms with Crippen LogP contribution in [0.15, 0.2) is 42.5 Å². The van der Waals surface area contributed by atoms with Gasteiger partial charge < -0.3 is 10.1 Å². The smallest absolute Gasteiger partial charge is 0.311 e. The SMILES string of the molecule is COC(=O)C(C)(C)CC(=O)c1ccc(-c2ccc(NC=O)c(F)c2)cc1. The summed E-state index contributed by atoms with van der Waals surface area (Å²) >= 11 is 0. The van der Waals surface area contributed by atoms with E-state index < -0.39 is 17.2 Å². The molecule has 1 N–H and O–H groups in total. The molecule has 0 aliphatic rings. The molecule has 0 spiro atoms. The number of hydrogen-bond donors (Lipinski definition) is 1. The molecule has 0 aliphatic heterocycles. The molecular weight excluding hydrogens is 337 g/mol. The van der Waals surface area contributed by atoms with Gasteiger partial charge in [0.2, 0.25) is 6.41 Å². The molecular formula is C20H20FNO4. The summed E-state index contributed by atoms with van der Waals surface area (Å²) in [5.41, 5.74) is 0.999. The maximum absolute atomic E-state index is 13.9. The Morgan fingerprint density at radius 3 is 2.27 bits per heavy atom. The molecule has 0 fully saturated rings. The molecule has 0 heterocycles. The maximum Gasteiger partial charge on any atom is 0.311 e. The van der Waals surface area contributed by atoms with Crippen molar-refractivity contribution in [3.05, 3.63) is 53.8 Å². The normalized spacial score (nSPS) is 10.9. The van der Waals surface area contributed by atoms with Gasteiger partial charge in [-0.1, -0.05) is 30.3 Å². The highest BCUT2D eigenvalue weighted by molar-refractivity contribution is 5.99. The van der Waals surface area contributed by atoms with Crippen molar-refractivity contribution in [1.82, 2.24) is 0 Å². The molecule has 0 aliphatic carbocycles. The van der Waals surface area contributed by atoms with Crippen LogP contribution in [0.2, 0.25) is 0 Å². The molecule has 0 saturated carbocycles. The van der Waals surface area contributed by atoms with Gasteiger partial charge in [0.25, 0.3) is 0 Å². The van der Waals surface area contributed by atoms with E-state index in [-0.39, 0.29) is 17.9 Å². The lowest BCUT2D eigenvalue weighted by molar-refractivity contribution is -0.150. The van der Waals surface area contributed by atoms with Crippen LogP contribution < -0.4 is 5.32 Å². The molecule has 0 bridgehead atoms. The van der Waals surface area contributed by atoms with E-state index in [0.717, 1.165) is 5.56 Å². The van der Waals surface area contributed by atoms with Crippen molar-refractivity contribution in [1.29, 1.82) is 0 Å². The average molecular weight is 357 g/mol. The number of anilines is 1. The highest BCUT2D eigenvalue weighted by atomic mass is 19.1. The Bertz CT molecular complexity index is 828. The van der Waals surface area contributed by atoms with E-state index in [1.807, 2.05) is 0 Å². The van der Waals surface area contributed by atoms with Crippen molar-refractivity contribution >= 4 is 23.9 Å². The van der Waals surface area contributed by atoms with Crippen LogP contribution in [0.3, 0.4) is 0 Å². The Labute approximate surface area is 151 Å². The molecule has 0 saturated heterocycles. The second kappa shape index (κ2) is 7.91. The third-order valence-corrected chi connectivity index (χ3v) is 4.06. The standard InChI is InChI=1S/C20H20FNO4/c1-20(2,19(25)26-3)11-18(24)14-6-4-13(5-7-14)15-8-9-17(22-12-23)16(21)10-15/h4-10,12H,11H2,1-3H3,(H,22,23). The lowest BCUT2D eigenvalue weighted by atomic mass is 9.85. The Hall–Kier alpha value is -3.02. The topological polar surface area (TPSA) is 72.5 Å². The number of halogens is 1. The Balaban J connectivity index is 2.18. The minimum absolute atomic E-state index is 0.0275. The third-order valence-electron chi connectivity index (χ3n) is 4.06. The molecule has 1 amide bonds. The molecule has 0 radical (unpaired) electrons. The van der Waals surface area contributed by atoms with E-state index in [2.05, 4.69) is 5.32 Å². The molecule has 0 unspecified atom stereocenters. The van der Waals surface area contributed by atoms with E-state index in [9.17, 15) is 18.8 Å². The first-order valence-electron chi connectivity index (χ1n) is 8.00. The van der Waals surface area contributed by atoms with Crippen LogP contribution in [0.4, 0.5) is 10.1 Å². The fraction of sp³-hybridized carbons (Fsp3) is 0.250. The van der Waals surface area contributed by atoms with Crippen molar-refractivity contribution in [2.24, 2.45) is 5.41 Å². The molecule has 2 aromatic carbocycles. The minimum atomic E-state index is -0.908. The number of carbonyl (C=O) groups is 3. The highest BCUT2D eigenvalue weighted by Gasteiger charge is 2.31. The summed E-state index contributed by atoms with van der Waals surface area (Å²) in [6, 6.07) is 11.1. The van der Waals surface area contributed by atoms with Gasteiger partial charge >= 0.3 is 5.97 Å². The monoisotopic (exact) mass is 357 g/mol. The van der Waals surface area contributed by atoms with Crippen LogP contribution >= 0.6 is 0 Å². The summed E-state index contributed by atoms with van der Waals surface area (Å²) in [7, 11) is 1.29. The number of rotatable bonds is 7. The number of hydrogen-bond acceptors (Lipinski definition) is 4. The Morgan fingerprint density at radius 2 is 1.73 bits per heavy atom. The molecule has 0 atom stereocenters. The number of ether oxygens (including phenoxy) is 1. The number of amides is 1. The van der Waals surface area contributed by atoms with Gasteiger partial charge in [-0.05, 0) is 37.1 Å². The van der Waals surface area contributed by atoms with Gasteiger partial charge in [-0.2, -0.15) is 0 Å². The molecule has 5 nitrogen and oxygen atoms in total. The van der Waals surface area contributed by atoms with Crippen molar-refractivity contribution in [2.45, 2.75) is 20.3 Å². The van der Waals surface area contributed by atoms with Crippen LogP contribution in [0.5, 0.6) is 0 Å². The lowest BCUT2D eigenvalue weighted by Gasteiger charge is -2.20. The first kappa shape index (κ1) is 19.3. The summed E-state index contributed by atoms with van der Waals surface area (Å²) < 4.78 is 18.6. The lowest BCUT2D eigenvalue weighted by Crippen LogP contribution is -2.28. The second-order valence-corrected chi connectivity index (χ2v) is 6.51. The number of esters is 1. The first-order chi connectivity index (χ1) is 12.3. The summed E-state index contributed by atoms with van der Waals surface area (Å²) in [6.07, 6.45) is 0.439. The Kier molecular flexibility index (Phi) is 5.87. The minimum Gasteiger partial charge on any atom is -0.469 e. The van der Waals surface area contributed by atoms with Crippen molar-refractivity contribution < 1.29 is 23.5 Å². The van der Waals surface area contributed by atoms with E-state index >= 15 is 0 Å². The molecule has 2 rings (SSSR count). The fourth-order valence-corrected chi connectivity index (χ4v) is 2.58. The van der Waals surface area contributed by atoms with Crippen molar-refractivity contribution in [2.75, 3.05) is 12.4 Å². The number of methoxy groups -OCH3 is 1. The van der Waals surface area contributed by atoms with E-state index in [0.29, 0.717) is 17.5 Å². The second-order valence-electron chi connectivity index (χ2n) is 6.51. The van der Waals surface area contributed by atoms with Crippen LogP contribution in [-0.2, 0) is 14.3 Å². The van der Waals surface area contributed by atoms with E-state index in [1.165, 1.54) is 19.2 Å². The molecule has 136 valence electrons. The van der Waals surface area contributed by atoms with Gasteiger partial charge in [0.05, 0.1) is 18.2 Å². The third kappa shape index (κ3) is 4.33. The van der Waals surface area contributed by atoms with Crippen LogP contribution in [0.25, 0.3) is 11.1 Å². The number of Topliss-reactive ketones (excluding diaryl/α,β-unsaturated/α-hetero) is 1. The summed E-state index contributed by atoms with van der Waals surface area (Å²) in [5, 5.41) is 2.28. The molecule has 6 heteroatoms. The first-order valence-corrected chi connectivity index (χ1v) is 8.00. The zero-order chi connectivity index (χ0) is 19.3. The average Bonchev–Trinajstić information content (AvgIpc) is 2.62. The summed E-state index contributed by atoms with van der Waals surface area (Å²) in [6.45, 7) is 3.31. The van der Waals surface area contributed by atoms with Gasteiger partial charge in [0.15, 0.2) is 5.78 Å². The predicted octanol–water partition coefficient (Wildman–Crippen LogP) is 3.83. The van der Waals surface area contributed by atoms with Crippen LogP contribution in [0.1, 0.15) is 30.6 Å². The van der Waals surface area contributed by atoms with E-state index in [4.69, 9.17) is 4.74 Å². The number of benzene rings is 2. The number of nitrogens with one attached hydrogen (secondary N) is 1. The van der Waals surface area contributed by atoms with Gasteiger partial charge in [0, 0.05) is 12.0 Å². The highest BCUT2D eigenvalue weighted by Crippen LogP contribution is 2.27. The van der Waals surface area contributed by atoms with Gasteiger partial charge in [0.1, 0.15) is 5.82 Å². The van der Waals surface area contributed by atoms with Gasteiger partial charge in [-0.3, -0.25) is 14.4 Å². The zero-order valence-electron chi connectivity index (χ0n) is 14.8. The number of carbonyl (C=O) groups excluding carboxylic acids is 3. The molecule has 0 aromatic heterocycles. The summed E-state index contributed by atoms with van der Waals surface area (Å²) in [4.78, 5) is 34.5. The molecule has 26 heavy (non-hydrogen) atoms. The van der Waals surface area contributed by atoms with Gasteiger partial charge in [-0.15, -0.1) is 0 Å².